The first kappa shape index (κ1) is 19.8. The summed E-state index contributed by atoms with van der Waals surface area (Å²) in [6.45, 7) is -1.76. The second-order valence-electron chi connectivity index (χ2n) is 6.25. The number of aromatic amines is 1. The van der Waals surface area contributed by atoms with Crippen LogP contribution >= 0.6 is 23.2 Å². The first-order valence-corrected chi connectivity index (χ1v) is 8.62. The summed E-state index contributed by atoms with van der Waals surface area (Å²) in [5.74, 6) is -2.46. The van der Waals surface area contributed by atoms with Crippen LogP contribution in [0.5, 0.6) is 0 Å². The molecule has 2 heterocycles. The molecule has 1 aromatic heterocycles. The molecule has 11 heteroatoms. The molecule has 0 saturated heterocycles. The van der Waals surface area contributed by atoms with Crippen molar-refractivity contribution >= 4 is 46.0 Å². The molecule has 1 atom stereocenters. The number of nitrogens with one attached hydrogen (secondary N) is 1. The number of alkyl halides is 3. The van der Waals surface area contributed by atoms with E-state index in [2.05, 4.69) is 14.9 Å². The normalized spacial score (nSPS) is 17.8. The SMILES string of the molecule is COC(=O)C[C@@H]1Cc2cc(Cl)c3[nH]nc(Cl)c3c2CN(CC(F)(F)F)C1=O. The predicted octanol–water partition coefficient (Wildman–Crippen LogP) is 3.50. The fourth-order valence-electron chi connectivity index (χ4n) is 3.28. The van der Waals surface area contributed by atoms with Gasteiger partial charge in [-0.1, -0.05) is 23.2 Å². The van der Waals surface area contributed by atoms with Crippen LogP contribution in [0.4, 0.5) is 13.2 Å². The number of carbonyl (C=O) groups is 2. The van der Waals surface area contributed by atoms with Crippen LogP contribution < -0.4 is 0 Å². The van der Waals surface area contributed by atoms with Crippen molar-refractivity contribution < 1.29 is 27.5 Å². The van der Waals surface area contributed by atoms with E-state index >= 15 is 0 Å². The summed E-state index contributed by atoms with van der Waals surface area (Å²) in [6, 6.07) is 1.56. The maximum Gasteiger partial charge on any atom is 0.406 e. The number of amides is 1. The van der Waals surface area contributed by atoms with E-state index < -0.39 is 30.5 Å². The summed E-state index contributed by atoms with van der Waals surface area (Å²) in [7, 11) is 1.15. The number of H-pyrrole nitrogens is 1. The minimum atomic E-state index is -4.60. The lowest BCUT2D eigenvalue weighted by Gasteiger charge is -2.25. The van der Waals surface area contributed by atoms with E-state index in [4.69, 9.17) is 23.2 Å². The maximum atomic E-state index is 13.0. The second kappa shape index (κ2) is 7.20. The van der Waals surface area contributed by atoms with Gasteiger partial charge >= 0.3 is 12.1 Å². The van der Waals surface area contributed by atoms with Gasteiger partial charge in [0.15, 0.2) is 5.15 Å². The van der Waals surface area contributed by atoms with Gasteiger partial charge in [0.25, 0.3) is 0 Å². The van der Waals surface area contributed by atoms with E-state index in [1.165, 1.54) is 0 Å². The van der Waals surface area contributed by atoms with Gasteiger partial charge in [0.05, 0.1) is 30.0 Å². The van der Waals surface area contributed by atoms with Gasteiger partial charge in [-0.15, -0.1) is 0 Å². The molecule has 27 heavy (non-hydrogen) atoms. The Morgan fingerprint density at radius 1 is 1.44 bits per heavy atom. The van der Waals surface area contributed by atoms with Crippen LogP contribution in [0.25, 0.3) is 10.9 Å². The second-order valence-corrected chi connectivity index (χ2v) is 7.02. The van der Waals surface area contributed by atoms with Gasteiger partial charge in [-0.3, -0.25) is 14.7 Å². The Morgan fingerprint density at radius 3 is 2.78 bits per heavy atom. The molecule has 146 valence electrons. The number of ether oxygens (including phenoxy) is 1. The number of carbonyl (C=O) groups excluding carboxylic acids is 2. The standard InChI is InChI=1S/C16H14Cl2F3N3O3/c1-27-11(25)4-8-2-7-3-10(17)13-12(14(18)23-22-13)9(7)5-24(15(8)26)6-16(19,20)21/h3,8H,2,4-6H2,1H3,(H,22,23)/t8-/m0/s1. The largest absolute Gasteiger partial charge is 0.469 e. The third-order valence-electron chi connectivity index (χ3n) is 4.44. The zero-order chi connectivity index (χ0) is 19.9. The van der Waals surface area contributed by atoms with E-state index in [1.807, 2.05) is 0 Å². The van der Waals surface area contributed by atoms with Crippen molar-refractivity contribution in [2.24, 2.45) is 5.92 Å². The fourth-order valence-corrected chi connectivity index (χ4v) is 3.80. The van der Waals surface area contributed by atoms with Crippen LogP contribution in [0.15, 0.2) is 6.07 Å². The zero-order valence-electron chi connectivity index (χ0n) is 14.0. The number of nitrogens with zero attached hydrogens (tertiary/aromatic N) is 2. The molecule has 0 spiro atoms. The first-order chi connectivity index (χ1) is 12.6. The van der Waals surface area contributed by atoms with Crippen molar-refractivity contribution in [2.75, 3.05) is 13.7 Å². The van der Waals surface area contributed by atoms with Gasteiger partial charge in [0, 0.05) is 11.9 Å². The van der Waals surface area contributed by atoms with Crippen LogP contribution in [0.2, 0.25) is 10.2 Å². The Balaban J connectivity index is 2.13. The highest BCUT2D eigenvalue weighted by atomic mass is 35.5. The van der Waals surface area contributed by atoms with Crippen LogP contribution in [-0.2, 0) is 27.3 Å². The maximum absolute atomic E-state index is 13.0. The Bertz CT molecular complexity index is 914. The summed E-state index contributed by atoms with van der Waals surface area (Å²) < 4.78 is 43.6. The van der Waals surface area contributed by atoms with Crippen LogP contribution in [-0.4, -0.2) is 46.8 Å². The van der Waals surface area contributed by atoms with E-state index in [-0.39, 0.29) is 29.6 Å². The van der Waals surface area contributed by atoms with Crippen molar-refractivity contribution in [1.29, 1.82) is 0 Å². The Morgan fingerprint density at radius 2 is 2.15 bits per heavy atom. The highest BCUT2D eigenvalue weighted by molar-refractivity contribution is 6.39. The molecule has 1 aliphatic heterocycles. The van der Waals surface area contributed by atoms with Gasteiger partial charge in [-0.25, -0.2) is 0 Å². The molecule has 1 aromatic carbocycles. The third kappa shape index (κ3) is 3.98. The summed E-state index contributed by atoms with van der Waals surface area (Å²) >= 11 is 12.3. The highest BCUT2D eigenvalue weighted by Crippen LogP contribution is 2.37. The van der Waals surface area contributed by atoms with E-state index in [0.717, 1.165) is 7.11 Å². The van der Waals surface area contributed by atoms with Crippen molar-refractivity contribution in [3.63, 3.8) is 0 Å². The average Bonchev–Trinajstić information content (AvgIpc) is 2.92. The van der Waals surface area contributed by atoms with Gasteiger partial charge in [-0.05, 0) is 23.6 Å². The van der Waals surface area contributed by atoms with E-state index in [0.29, 0.717) is 26.9 Å². The molecule has 0 aliphatic carbocycles. The minimum absolute atomic E-state index is 0.0365. The molecule has 0 saturated carbocycles. The predicted molar refractivity (Wildman–Crippen MR) is 91.4 cm³/mol. The Hall–Kier alpha value is -2.00. The Kier molecular flexibility index (Phi) is 5.27. The van der Waals surface area contributed by atoms with Crippen LogP contribution in [0.1, 0.15) is 17.5 Å². The summed E-state index contributed by atoms with van der Waals surface area (Å²) in [4.78, 5) is 25.0. The molecule has 0 radical (unpaired) electrons. The summed E-state index contributed by atoms with van der Waals surface area (Å²) in [5, 5.41) is 7.19. The molecule has 0 bridgehead atoms. The lowest BCUT2D eigenvalue weighted by molar-refractivity contribution is -0.165. The number of esters is 1. The molecular formula is C16H14Cl2F3N3O3. The van der Waals surface area contributed by atoms with Crippen molar-refractivity contribution in [1.82, 2.24) is 15.1 Å². The molecule has 1 amide bonds. The van der Waals surface area contributed by atoms with Gasteiger partial charge in [0.1, 0.15) is 6.54 Å². The molecule has 3 rings (SSSR count). The molecule has 1 aliphatic rings. The topological polar surface area (TPSA) is 75.3 Å². The molecule has 0 fully saturated rings. The van der Waals surface area contributed by atoms with Crippen molar-refractivity contribution in [3.05, 3.63) is 27.4 Å². The first-order valence-electron chi connectivity index (χ1n) is 7.87. The van der Waals surface area contributed by atoms with Crippen molar-refractivity contribution in [3.8, 4) is 0 Å². The lowest BCUT2D eigenvalue weighted by atomic mass is 9.93. The number of rotatable bonds is 3. The number of fused-ring (bicyclic) bond motifs is 3. The van der Waals surface area contributed by atoms with Gasteiger partial charge in [-0.2, -0.15) is 18.3 Å². The molecule has 0 unspecified atom stereocenters. The number of hydrogen-bond donors (Lipinski definition) is 1. The monoisotopic (exact) mass is 423 g/mol. The quantitative estimate of drug-likeness (QED) is 0.766. The lowest BCUT2D eigenvalue weighted by Crippen LogP contribution is -2.41. The highest BCUT2D eigenvalue weighted by Gasteiger charge is 2.39. The molecule has 2 aromatic rings. The molecular weight excluding hydrogens is 410 g/mol. The number of benzene rings is 1. The third-order valence-corrected chi connectivity index (χ3v) is 5.01. The van der Waals surface area contributed by atoms with Crippen molar-refractivity contribution in [2.45, 2.75) is 25.6 Å². The zero-order valence-corrected chi connectivity index (χ0v) is 15.5. The van der Waals surface area contributed by atoms with Gasteiger partial charge < -0.3 is 9.64 Å². The van der Waals surface area contributed by atoms with Crippen LogP contribution in [0, 0.1) is 5.92 Å². The average molecular weight is 424 g/mol. The minimum Gasteiger partial charge on any atom is -0.469 e. The fraction of sp³-hybridized carbons (Fsp3) is 0.438. The number of aromatic nitrogens is 2. The van der Waals surface area contributed by atoms with Gasteiger partial charge in [0.2, 0.25) is 5.91 Å². The smallest absolute Gasteiger partial charge is 0.406 e. The van der Waals surface area contributed by atoms with Crippen LogP contribution in [0.3, 0.4) is 0 Å². The summed E-state index contributed by atoms with van der Waals surface area (Å²) in [6.07, 6.45) is -4.89. The Labute approximate surface area is 161 Å². The molecule has 1 N–H and O–H groups in total. The number of hydrogen-bond acceptors (Lipinski definition) is 4. The summed E-state index contributed by atoms with van der Waals surface area (Å²) in [5.41, 5.74) is 1.35. The van der Waals surface area contributed by atoms with E-state index in [1.54, 1.807) is 6.07 Å². The molecule has 6 nitrogen and oxygen atoms in total. The number of methoxy groups -OCH3 is 1. The number of halogens is 5. The van der Waals surface area contributed by atoms with E-state index in [9.17, 15) is 22.8 Å².